The summed E-state index contributed by atoms with van der Waals surface area (Å²) >= 11 is 5.98. The lowest BCUT2D eigenvalue weighted by atomic mass is 10.1. The Balaban J connectivity index is 1.45. The first kappa shape index (κ1) is 30.7. The van der Waals surface area contributed by atoms with Crippen LogP contribution in [0.1, 0.15) is 42.1 Å². The van der Waals surface area contributed by atoms with Gasteiger partial charge in [-0.15, -0.1) is 0 Å². The van der Waals surface area contributed by atoms with E-state index >= 15 is 0 Å². The topological polar surface area (TPSA) is 39.5 Å². The Bertz CT molecular complexity index is 1760. The first-order chi connectivity index (χ1) is 21.8. The first-order valence-electron chi connectivity index (χ1n) is 15.0. The number of benzene rings is 4. The van der Waals surface area contributed by atoms with Crippen LogP contribution in [0, 0.1) is 0 Å². The molecule has 232 valence electrons. The van der Waals surface area contributed by atoms with Crippen molar-refractivity contribution in [2.75, 3.05) is 6.79 Å². The molecule has 1 aliphatic heterocycles. The molecule has 0 radical (unpaired) electrons. The van der Waals surface area contributed by atoms with Crippen molar-refractivity contribution in [1.29, 1.82) is 0 Å². The van der Waals surface area contributed by atoms with Gasteiger partial charge in [-0.25, -0.2) is 4.98 Å². The van der Waals surface area contributed by atoms with Crippen molar-refractivity contribution in [3.05, 3.63) is 124 Å². The quantitative estimate of drug-likeness (QED) is 0.146. The van der Waals surface area contributed by atoms with Gasteiger partial charge in [0.15, 0.2) is 11.5 Å². The summed E-state index contributed by atoms with van der Waals surface area (Å²) in [6.07, 6.45) is -2.61. The van der Waals surface area contributed by atoms with E-state index in [0.29, 0.717) is 30.2 Å². The number of hydrogen-bond donors (Lipinski definition) is 0. The van der Waals surface area contributed by atoms with Gasteiger partial charge in [0.1, 0.15) is 5.82 Å². The van der Waals surface area contributed by atoms with Crippen molar-refractivity contribution >= 4 is 11.6 Å². The zero-order valence-electron chi connectivity index (χ0n) is 24.9. The van der Waals surface area contributed by atoms with Crippen LogP contribution >= 0.6 is 11.6 Å². The Hall–Kier alpha value is -4.27. The van der Waals surface area contributed by atoms with Crippen molar-refractivity contribution in [2.45, 2.75) is 52.1 Å². The minimum Gasteiger partial charge on any atom is -0.454 e. The third-order valence-electron chi connectivity index (χ3n) is 7.85. The number of alkyl halides is 3. The van der Waals surface area contributed by atoms with E-state index in [2.05, 4.69) is 28.5 Å². The zero-order chi connectivity index (χ0) is 31.4. The van der Waals surface area contributed by atoms with Crippen LogP contribution in [0.2, 0.25) is 5.02 Å². The molecule has 5 nitrogen and oxygen atoms in total. The van der Waals surface area contributed by atoms with Gasteiger partial charge in [-0.2, -0.15) is 13.2 Å². The molecule has 0 unspecified atom stereocenters. The molecule has 9 heteroatoms. The second-order valence-electron chi connectivity index (χ2n) is 11.1. The Morgan fingerprint density at radius 2 is 1.44 bits per heavy atom. The van der Waals surface area contributed by atoms with E-state index < -0.39 is 11.7 Å². The van der Waals surface area contributed by atoms with Crippen LogP contribution in [-0.2, 0) is 32.4 Å². The van der Waals surface area contributed by atoms with Crippen molar-refractivity contribution in [1.82, 2.24) is 14.5 Å². The molecule has 0 saturated heterocycles. The summed E-state index contributed by atoms with van der Waals surface area (Å²) in [4.78, 5) is 7.35. The summed E-state index contributed by atoms with van der Waals surface area (Å²) in [5.41, 5.74) is 4.47. The highest BCUT2D eigenvalue weighted by atomic mass is 35.5. The van der Waals surface area contributed by atoms with Gasteiger partial charge in [0.05, 0.1) is 22.0 Å². The number of hydrogen-bond acceptors (Lipinski definition) is 4. The van der Waals surface area contributed by atoms with E-state index in [9.17, 15) is 13.2 Å². The van der Waals surface area contributed by atoms with Gasteiger partial charge in [-0.1, -0.05) is 97.7 Å². The molecule has 0 amide bonds. The SMILES string of the molecule is CCCCn1c(-c2ccccc2)nc(-c2ccccc2)c1CN(Cc1ccc2c(c1)OCO2)Cc1ccc(Cl)c(C(F)(F)F)c1. The highest BCUT2D eigenvalue weighted by Crippen LogP contribution is 2.37. The Kier molecular flexibility index (Phi) is 9.14. The molecular weight excluding hydrogens is 599 g/mol. The first-order valence-corrected chi connectivity index (χ1v) is 15.3. The van der Waals surface area contributed by atoms with Crippen LogP contribution in [0.4, 0.5) is 13.2 Å². The number of ether oxygens (including phenoxy) is 2. The van der Waals surface area contributed by atoms with Gasteiger partial charge >= 0.3 is 6.18 Å². The molecule has 4 aromatic carbocycles. The molecule has 0 N–H and O–H groups in total. The summed E-state index contributed by atoms with van der Waals surface area (Å²) in [5.74, 6) is 2.20. The highest BCUT2D eigenvalue weighted by Gasteiger charge is 2.33. The smallest absolute Gasteiger partial charge is 0.417 e. The summed E-state index contributed by atoms with van der Waals surface area (Å²) in [7, 11) is 0. The lowest BCUT2D eigenvalue weighted by Crippen LogP contribution is -2.25. The van der Waals surface area contributed by atoms with Crippen LogP contribution in [0.3, 0.4) is 0 Å². The van der Waals surface area contributed by atoms with Crippen molar-refractivity contribution in [3.63, 3.8) is 0 Å². The standard InChI is InChI=1S/C36H33ClF3N3O2/c1-2-3-18-43-31(34(27-10-6-4-7-11-27)41-35(43)28-12-8-5-9-13-28)23-42(22-26-15-17-32-33(20-26)45-24-44-32)21-25-14-16-30(37)29(19-25)36(38,39)40/h4-17,19-20H,2-3,18,21-24H2,1H3. The van der Waals surface area contributed by atoms with Gasteiger partial charge in [0, 0.05) is 37.3 Å². The Labute approximate surface area is 265 Å². The Morgan fingerprint density at radius 3 is 2.13 bits per heavy atom. The molecule has 0 aliphatic carbocycles. The van der Waals surface area contributed by atoms with Gasteiger partial charge in [0.25, 0.3) is 0 Å². The zero-order valence-corrected chi connectivity index (χ0v) is 25.6. The van der Waals surface area contributed by atoms with Crippen LogP contribution in [0.5, 0.6) is 11.5 Å². The second-order valence-corrected chi connectivity index (χ2v) is 11.5. The summed E-state index contributed by atoms with van der Waals surface area (Å²) in [6.45, 7) is 4.21. The maximum absolute atomic E-state index is 13.8. The fraction of sp³-hybridized carbons (Fsp3) is 0.250. The van der Waals surface area contributed by atoms with Crippen LogP contribution in [0.25, 0.3) is 22.6 Å². The molecule has 0 spiro atoms. The fourth-order valence-corrected chi connectivity index (χ4v) is 5.89. The fourth-order valence-electron chi connectivity index (χ4n) is 5.66. The minimum absolute atomic E-state index is 0.160. The molecule has 1 aliphatic rings. The predicted molar refractivity (Wildman–Crippen MR) is 170 cm³/mol. The maximum atomic E-state index is 13.8. The summed E-state index contributed by atoms with van der Waals surface area (Å²) in [5, 5.41) is -0.315. The van der Waals surface area contributed by atoms with E-state index in [-0.39, 0.29) is 18.4 Å². The number of aromatic nitrogens is 2. The lowest BCUT2D eigenvalue weighted by molar-refractivity contribution is -0.137. The monoisotopic (exact) mass is 631 g/mol. The summed E-state index contributed by atoms with van der Waals surface area (Å²) < 4.78 is 54.9. The van der Waals surface area contributed by atoms with E-state index in [1.807, 2.05) is 66.7 Å². The average Bonchev–Trinajstić information content (AvgIpc) is 3.65. The molecular formula is C36H33ClF3N3O2. The summed E-state index contributed by atoms with van der Waals surface area (Å²) in [6, 6.07) is 30.0. The van der Waals surface area contributed by atoms with Crippen molar-refractivity contribution in [3.8, 4) is 34.1 Å². The van der Waals surface area contributed by atoms with E-state index in [1.165, 1.54) is 6.07 Å². The average molecular weight is 632 g/mol. The number of halogens is 4. The molecule has 2 heterocycles. The van der Waals surface area contributed by atoms with Crippen molar-refractivity contribution in [2.24, 2.45) is 0 Å². The number of fused-ring (bicyclic) bond motifs is 1. The predicted octanol–water partition coefficient (Wildman–Crippen LogP) is 9.62. The van der Waals surface area contributed by atoms with E-state index in [0.717, 1.165) is 59.4 Å². The third kappa shape index (κ3) is 7.02. The van der Waals surface area contributed by atoms with E-state index in [4.69, 9.17) is 26.1 Å². The second kappa shape index (κ2) is 13.4. The minimum atomic E-state index is -4.56. The molecule has 0 bridgehead atoms. The number of unbranched alkanes of at least 4 members (excludes halogenated alkanes) is 1. The van der Waals surface area contributed by atoms with Gasteiger partial charge in [0.2, 0.25) is 6.79 Å². The van der Waals surface area contributed by atoms with Gasteiger partial charge in [-0.3, -0.25) is 4.90 Å². The van der Waals surface area contributed by atoms with Gasteiger partial charge < -0.3 is 14.0 Å². The Morgan fingerprint density at radius 1 is 0.800 bits per heavy atom. The number of rotatable bonds is 11. The normalized spacial score (nSPS) is 12.7. The van der Waals surface area contributed by atoms with E-state index in [1.54, 1.807) is 6.07 Å². The van der Waals surface area contributed by atoms with Crippen LogP contribution in [-0.4, -0.2) is 21.2 Å². The molecule has 1 aromatic heterocycles. The van der Waals surface area contributed by atoms with Gasteiger partial charge in [-0.05, 0) is 41.8 Å². The highest BCUT2D eigenvalue weighted by molar-refractivity contribution is 6.31. The number of nitrogens with zero attached hydrogens (tertiary/aromatic N) is 3. The maximum Gasteiger partial charge on any atom is 0.417 e. The van der Waals surface area contributed by atoms with Crippen LogP contribution < -0.4 is 9.47 Å². The van der Waals surface area contributed by atoms with Crippen LogP contribution in [0.15, 0.2) is 97.1 Å². The largest absolute Gasteiger partial charge is 0.454 e. The third-order valence-corrected chi connectivity index (χ3v) is 8.18. The lowest BCUT2D eigenvalue weighted by Gasteiger charge is -2.25. The molecule has 0 fully saturated rings. The molecule has 45 heavy (non-hydrogen) atoms. The molecule has 0 atom stereocenters. The number of imidazole rings is 1. The van der Waals surface area contributed by atoms with Crippen molar-refractivity contribution < 1.29 is 22.6 Å². The molecule has 0 saturated carbocycles. The molecule has 5 aromatic rings. The molecule has 6 rings (SSSR count).